The summed E-state index contributed by atoms with van der Waals surface area (Å²) < 4.78 is -0.943. The predicted octanol–water partition coefficient (Wildman–Crippen LogP) is 3.98. The van der Waals surface area contributed by atoms with Gasteiger partial charge in [-0.3, -0.25) is 14.8 Å². The molecule has 0 spiro atoms. The number of fused-ring (bicyclic) bond motifs is 1. The molecule has 3 aromatic rings. The van der Waals surface area contributed by atoms with Gasteiger partial charge in [0.05, 0.1) is 11.1 Å². The molecule has 0 aliphatic carbocycles. The molecule has 2 heterocycles. The fourth-order valence-corrected chi connectivity index (χ4v) is 3.20. The van der Waals surface area contributed by atoms with E-state index >= 15 is 0 Å². The van der Waals surface area contributed by atoms with E-state index in [2.05, 4.69) is 21.8 Å². The monoisotopic (exact) mass is 348 g/mol. The molecule has 1 N–H and O–H groups in total. The minimum atomic E-state index is -0.943. The second-order valence-corrected chi connectivity index (χ2v) is 7.58. The Morgan fingerprint density at radius 3 is 2.64 bits per heavy atom. The van der Waals surface area contributed by atoms with Gasteiger partial charge in [0.1, 0.15) is 4.75 Å². The number of hydrogen-bond acceptors (Lipinski definition) is 4. The van der Waals surface area contributed by atoms with Crippen LogP contribution in [-0.4, -0.2) is 25.8 Å². The van der Waals surface area contributed by atoms with Gasteiger partial charge in [-0.05, 0) is 32.0 Å². The summed E-state index contributed by atoms with van der Waals surface area (Å²) in [5.74, 6) is 5.43. The Balaban J connectivity index is 2.00. The average Bonchev–Trinajstić information content (AvgIpc) is 2.60. The summed E-state index contributed by atoms with van der Waals surface area (Å²) in [6.07, 6.45) is 5.04. The molecule has 0 saturated heterocycles. The Morgan fingerprint density at radius 2 is 1.84 bits per heavy atom. The Kier molecular flexibility index (Phi) is 4.73. The highest BCUT2D eigenvalue weighted by atomic mass is 32.2. The number of carbonyl (C=O) groups is 1. The van der Waals surface area contributed by atoms with E-state index in [1.54, 1.807) is 38.5 Å². The largest absolute Gasteiger partial charge is 0.480 e. The van der Waals surface area contributed by atoms with Crippen molar-refractivity contribution in [3.05, 3.63) is 66.1 Å². The van der Waals surface area contributed by atoms with Gasteiger partial charge in [-0.2, -0.15) is 0 Å². The maximum atomic E-state index is 11.4. The summed E-state index contributed by atoms with van der Waals surface area (Å²) in [5, 5.41) is 10.3. The molecule has 3 rings (SSSR count). The van der Waals surface area contributed by atoms with E-state index in [9.17, 15) is 9.90 Å². The smallest absolute Gasteiger partial charge is 0.319 e. The average molecular weight is 348 g/mol. The first kappa shape index (κ1) is 17.0. The van der Waals surface area contributed by atoms with Crippen molar-refractivity contribution in [3.8, 4) is 11.8 Å². The lowest BCUT2D eigenvalue weighted by atomic mass is 10.1. The topological polar surface area (TPSA) is 63.1 Å². The zero-order valence-electron chi connectivity index (χ0n) is 13.9. The molecule has 5 heteroatoms. The summed E-state index contributed by atoms with van der Waals surface area (Å²) in [5.41, 5.74) is 2.48. The molecule has 0 aliphatic heterocycles. The van der Waals surface area contributed by atoms with Gasteiger partial charge < -0.3 is 5.11 Å². The van der Waals surface area contributed by atoms with E-state index in [-0.39, 0.29) is 0 Å². The molecule has 0 unspecified atom stereocenters. The van der Waals surface area contributed by atoms with Gasteiger partial charge in [0.2, 0.25) is 0 Å². The van der Waals surface area contributed by atoms with E-state index in [1.165, 1.54) is 11.8 Å². The Labute approximate surface area is 150 Å². The highest BCUT2D eigenvalue weighted by molar-refractivity contribution is 8.01. The number of carboxylic acids is 1. The molecule has 0 atom stereocenters. The van der Waals surface area contributed by atoms with E-state index < -0.39 is 10.7 Å². The first-order valence-electron chi connectivity index (χ1n) is 7.69. The lowest BCUT2D eigenvalue weighted by molar-refractivity contribution is -0.138. The molecule has 0 amide bonds. The Hall–Kier alpha value is -2.84. The van der Waals surface area contributed by atoms with E-state index in [0.29, 0.717) is 5.56 Å². The number of para-hydroxylation sites is 1. The van der Waals surface area contributed by atoms with Gasteiger partial charge in [-0.1, -0.05) is 30.0 Å². The fraction of sp³-hybridized carbons (Fsp3) is 0.150. The molecule has 0 saturated carbocycles. The van der Waals surface area contributed by atoms with Crippen molar-refractivity contribution in [2.24, 2.45) is 0 Å². The molecule has 2 aromatic heterocycles. The third-order valence-corrected chi connectivity index (χ3v) is 4.90. The maximum Gasteiger partial charge on any atom is 0.319 e. The Bertz CT molecular complexity index is 998. The number of rotatable bonds is 3. The van der Waals surface area contributed by atoms with Crippen molar-refractivity contribution >= 4 is 28.6 Å². The molecular weight excluding hydrogens is 332 g/mol. The van der Waals surface area contributed by atoms with Crippen LogP contribution in [0.2, 0.25) is 0 Å². The van der Waals surface area contributed by atoms with Gasteiger partial charge in [-0.25, -0.2) is 0 Å². The van der Waals surface area contributed by atoms with Crippen molar-refractivity contribution in [2.45, 2.75) is 23.5 Å². The summed E-state index contributed by atoms with van der Waals surface area (Å²) in [7, 11) is 0. The van der Waals surface area contributed by atoms with Crippen LogP contribution in [0, 0.1) is 11.8 Å². The lowest BCUT2D eigenvalue weighted by Crippen LogP contribution is -2.27. The van der Waals surface area contributed by atoms with Crippen molar-refractivity contribution < 1.29 is 9.90 Å². The Morgan fingerprint density at radius 1 is 1.08 bits per heavy atom. The number of nitrogens with zero attached hydrogens (tertiary/aromatic N) is 2. The van der Waals surface area contributed by atoms with Crippen LogP contribution in [0.4, 0.5) is 0 Å². The summed E-state index contributed by atoms with van der Waals surface area (Å²) in [6.45, 7) is 3.35. The van der Waals surface area contributed by atoms with Crippen LogP contribution in [0.1, 0.15) is 25.0 Å². The number of aliphatic carboxylic acids is 1. The van der Waals surface area contributed by atoms with Crippen molar-refractivity contribution in [1.29, 1.82) is 0 Å². The van der Waals surface area contributed by atoms with Crippen LogP contribution in [0.3, 0.4) is 0 Å². The summed E-state index contributed by atoms with van der Waals surface area (Å²) in [6, 6.07) is 11.5. The number of pyridine rings is 2. The minimum absolute atomic E-state index is 0.711. The van der Waals surface area contributed by atoms with Crippen LogP contribution in [0.15, 0.2) is 59.9 Å². The molecular formula is C20H16N2O2S. The molecule has 0 fully saturated rings. The van der Waals surface area contributed by atoms with Crippen LogP contribution in [0.25, 0.3) is 10.9 Å². The zero-order valence-corrected chi connectivity index (χ0v) is 14.7. The number of hydrogen-bond donors (Lipinski definition) is 1. The molecule has 0 radical (unpaired) electrons. The molecule has 25 heavy (non-hydrogen) atoms. The van der Waals surface area contributed by atoms with Crippen LogP contribution >= 0.6 is 11.8 Å². The third kappa shape index (κ3) is 3.81. The SMILES string of the molecule is CC(C)(Sc1ccncc1C#Cc1ccnc2ccccc12)C(=O)O. The predicted molar refractivity (Wildman–Crippen MR) is 99.5 cm³/mol. The second-order valence-electron chi connectivity index (χ2n) is 5.92. The number of thioether (sulfide) groups is 1. The molecule has 0 bridgehead atoms. The van der Waals surface area contributed by atoms with E-state index in [4.69, 9.17) is 0 Å². The van der Waals surface area contributed by atoms with Gasteiger partial charge in [0, 0.05) is 34.4 Å². The second kappa shape index (κ2) is 6.96. The van der Waals surface area contributed by atoms with Crippen molar-refractivity contribution in [1.82, 2.24) is 9.97 Å². The molecule has 0 aliphatic rings. The lowest BCUT2D eigenvalue weighted by Gasteiger charge is -2.18. The highest BCUT2D eigenvalue weighted by Crippen LogP contribution is 2.34. The van der Waals surface area contributed by atoms with Crippen LogP contribution in [0.5, 0.6) is 0 Å². The standard InChI is InChI=1S/C20H16N2O2S/c1-20(2,19(23)24)25-18-10-11-21-13-15(18)8-7-14-9-12-22-17-6-4-3-5-16(14)17/h3-6,9-13H,1-2H3,(H,23,24). The first-order chi connectivity index (χ1) is 12.0. The molecule has 4 nitrogen and oxygen atoms in total. The van der Waals surface area contributed by atoms with E-state index in [0.717, 1.165) is 21.4 Å². The summed E-state index contributed by atoms with van der Waals surface area (Å²) in [4.78, 5) is 20.6. The zero-order chi connectivity index (χ0) is 17.9. The normalized spacial score (nSPS) is 11.0. The maximum absolute atomic E-state index is 11.4. The first-order valence-corrected chi connectivity index (χ1v) is 8.51. The number of benzene rings is 1. The van der Waals surface area contributed by atoms with Crippen molar-refractivity contribution in [2.75, 3.05) is 0 Å². The molecule has 1 aromatic carbocycles. The van der Waals surface area contributed by atoms with Crippen LogP contribution < -0.4 is 0 Å². The van der Waals surface area contributed by atoms with Gasteiger partial charge >= 0.3 is 5.97 Å². The summed E-state index contributed by atoms with van der Waals surface area (Å²) >= 11 is 1.26. The van der Waals surface area contributed by atoms with E-state index in [1.807, 2.05) is 30.3 Å². The molecule has 124 valence electrons. The highest BCUT2D eigenvalue weighted by Gasteiger charge is 2.29. The van der Waals surface area contributed by atoms with Gasteiger partial charge in [0.15, 0.2) is 0 Å². The number of aromatic nitrogens is 2. The quantitative estimate of drug-likeness (QED) is 0.573. The third-order valence-electron chi connectivity index (χ3n) is 3.64. The van der Waals surface area contributed by atoms with Gasteiger partial charge in [-0.15, -0.1) is 11.8 Å². The van der Waals surface area contributed by atoms with Crippen LogP contribution in [-0.2, 0) is 4.79 Å². The minimum Gasteiger partial charge on any atom is -0.480 e. The van der Waals surface area contributed by atoms with Gasteiger partial charge in [0.25, 0.3) is 0 Å². The fourth-order valence-electron chi connectivity index (χ4n) is 2.22. The van der Waals surface area contributed by atoms with Crippen molar-refractivity contribution in [3.63, 3.8) is 0 Å². The number of carboxylic acid groups (broad SMARTS) is 1.